The van der Waals surface area contributed by atoms with Crippen LogP contribution in [0.15, 0.2) is 12.1 Å². The number of benzene rings is 1. The van der Waals surface area contributed by atoms with Gasteiger partial charge in [0.05, 0.1) is 14.2 Å². The number of methoxy groups -OCH3 is 2. The highest BCUT2D eigenvalue weighted by molar-refractivity contribution is 5.49. The summed E-state index contributed by atoms with van der Waals surface area (Å²) >= 11 is 0. The Hall–Kier alpha value is -1.22. The molecule has 1 fully saturated rings. The van der Waals surface area contributed by atoms with Gasteiger partial charge in [0.1, 0.15) is 0 Å². The van der Waals surface area contributed by atoms with Crippen molar-refractivity contribution in [1.82, 2.24) is 5.32 Å². The van der Waals surface area contributed by atoms with E-state index in [4.69, 9.17) is 9.47 Å². The zero-order valence-electron chi connectivity index (χ0n) is 10.5. The molecule has 1 heterocycles. The van der Waals surface area contributed by atoms with Gasteiger partial charge >= 0.3 is 0 Å². The highest BCUT2D eigenvalue weighted by atomic mass is 16.5. The molecule has 3 rings (SSSR count). The highest BCUT2D eigenvalue weighted by Crippen LogP contribution is 2.45. The van der Waals surface area contributed by atoms with E-state index in [1.807, 2.05) is 0 Å². The van der Waals surface area contributed by atoms with Crippen molar-refractivity contribution in [2.24, 2.45) is 5.92 Å². The molecule has 1 saturated carbocycles. The van der Waals surface area contributed by atoms with Gasteiger partial charge in [0.25, 0.3) is 0 Å². The average Bonchev–Trinajstić information content (AvgIpc) is 3.20. The van der Waals surface area contributed by atoms with Crippen LogP contribution in [-0.2, 0) is 6.42 Å². The van der Waals surface area contributed by atoms with Crippen molar-refractivity contribution < 1.29 is 9.47 Å². The molecule has 3 nitrogen and oxygen atoms in total. The first-order valence-electron chi connectivity index (χ1n) is 6.31. The van der Waals surface area contributed by atoms with E-state index < -0.39 is 0 Å². The minimum atomic E-state index is 0.526. The monoisotopic (exact) mass is 233 g/mol. The molecular formula is C14H19NO2. The third-order valence-corrected chi connectivity index (χ3v) is 3.83. The van der Waals surface area contributed by atoms with E-state index >= 15 is 0 Å². The first kappa shape index (κ1) is 10.9. The lowest BCUT2D eigenvalue weighted by Gasteiger charge is -2.28. The fraction of sp³-hybridized carbons (Fsp3) is 0.571. The maximum Gasteiger partial charge on any atom is 0.161 e. The van der Waals surface area contributed by atoms with Crippen molar-refractivity contribution in [2.75, 3.05) is 20.8 Å². The molecule has 1 aromatic rings. The molecule has 92 valence electrons. The zero-order chi connectivity index (χ0) is 11.8. The Kier molecular flexibility index (Phi) is 2.71. The van der Waals surface area contributed by atoms with Gasteiger partial charge in [-0.25, -0.2) is 0 Å². The molecule has 17 heavy (non-hydrogen) atoms. The minimum absolute atomic E-state index is 0.526. The van der Waals surface area contributed by atoms with Crippen LogP contribution in [0, 0.1) is 5.92 Å². The van der Waals surface area contributed by atoms with Gasteiger partial charge < -0.3 is 14.8 Å². The van der Waals surface area contributed by atoms with Crippen molar-refractivity contribution >= 4 is 0 Å². The van der Waals surface area contributed by atoms with Gasteiger partial charge in [-0.05, 0) is 55.0 Å². The molecule has 1 aliphatic carbocycles. The molecule has 0 aromatic heterocycles. The Bertz CT molecular complexity index is 426. The van der Waals surface area contributed by atoms with Crippen LogP contribution in [0.3, 0.4) is 0 Å². The maximum absolute atomic E-state index is 5.40. The van der Waals surface area contributed by atoms with Gasteiger partial charge in [-0.3, -0.25) is 0 Å². The van der Waals surface area contributed by atoms with Gasteiger partial charge in [0.15, 0.2) is 11.5 Å². The van der Waals surface area contributed by atoms with E-state index in [1.54, 1.807) is 14.2 Å². The number of nitrogens with one attached hydrogen (secondary N) is 1. The molecule has 1 unspecified atom stereocenters. The highest BCUT2D eigenvalue weighted by Gasteiger charge is 2.35. The van der Waals surface area contributed by atoms with Gasteiger partial charge in [-0.2, -0.15) is 0 Å². The topological polar surface area (TPSA) is 30.5 Å². The summed E-state index contributed by atoms with van der Waals surface area (Å²) in [6, 6.07) is 4.83. The van der Waals surface area contributed by atoms with Crippen LogP contribution < -0.4 is 14.8 Å². The quantitative estimate of drug-likeness (QED) is 0.869. The Morgan fingerprint density at radius 3 is 2.47 bits per heavy atom. The molecule has 3 heteroatoms. The van der Waals surface area contributed by atoms with Crippen molar-refractivity contribution in [3.63, 3.8) is 0 Å². The average molecular weight is 233 g/mol. The summed E-state index contributed by atoms with van der Waals surface area (Å²) in [5, 5.41) is 3.63. The van der Waals surface area contributed by atoms with E-state index in [0.29, 0.717) is 6.04 Å². The van der Waals surface area contributed by atoms with Gasteiger partial charge in [0.2, 0.25) is 0 Å². The molecule has 0 saturated heterocycles. The first-order valence-corrected chi connectivity index (χ1v) is 6.31. The lowest BCUT2D eigenvalue weighted by molar-refractivity contribution is 0.351. The third-order valence-electron chi connectivity index (χ3n) is 3.83. The predicted molar refractivity (Wildman–Crippen MR) is 66.7 cm³/mol. The summed E-state index contributed by atoms with van der Waals surface area (Å²) in [5.74, 6) is 2.52. The van der Waals surface area contributed by atoms with Gasteiger partial charge in [0, 0.05) is 6.04 Å². The number of hydrogen-bond acceptors (Lipinski definition) is 3. The van der Waals surface area contributed by atoms with E-state index in [0.717, 1.165) is 30.4 Å². The Labute approximate surface area is 102 Å². The number of hydrogen-bond donors (Lipinski definition) is 1. The smallest absolute Gasteiger partial charge is 0.161 e. The summed E-state index contributed by atoms with van der Waals surface area (Å²) in [6.45, 7) is 1.07. The van der Waals surface area contributed by atoms with Crippen LogP contribution in [0.2, 0.25) is 0 Å². The molecular weight excluding hydrogens is 214 g/mol. The summed E-state index contributed by atoms with van der Waals surface area (Å²) < 4.78 is 10.8. The summed E-state index contributed by atoms with van der Waals surface area (Å²) in [6.07, 6.45) is 3.79. The number of ether oxygens (including phenoxy) is 2. The van der Waals surface area contributed by atoms with Crippen LogP contribution in [0.25, 0.3) is 0 Å². The molecule has 1 aromatic carbocycles. The molecule has 1 aliphatic heterocycles. The van der Waals surface area contributed by atoms with E-state index in [9.17, 15) is 0 Å². The molecule has 2 aliphatic rings. The van der Waals surface area contributed by atoms with Crippen LogP contribution in [-0.4, -0.2) is 20.8 Å². The van der Waals surface area contributed by atoms with Crippen LogP contribution in [0.1, 0.15) is 30.0 Å². The summed E-state index contributed by atoms with van der Waals surface area (Å²) in [7, 11) is 3.40. The second kappa shape index (κ2) is 4.22. The normalized spacial score (nSPS) is 23.1. The molecule has 0 radical (unpaired) electrons. The standard InChI is InChI=1S/C14H19NO2/c1-16-12-7-10-5-6-15-14(9-3-4-9)11(10)8-13(12)17-2/h7-9,14-15H,3-6H2,1-2H3. The largest absolute Gasteiger partial charge is 0.493 e. The Morgan fingerprint density at radius 2 is 1.82 bits per heavy atom. The second-order valence-corrected chi connectivity index (χ2v) is 4.93. The SMILES string of the molecule is COc1cc2c(cc1OC)C(C1CC1)NCC2. The lowest BCUT2D eigenvalue weighted by Crippen LogP contribution is -2.31. The van der Waals surface area contributed by atoms with E-state index in [1.165, 1.54) is 24.0 Å². The minimum Gasteiger partial charge on any atom is -0.493 e. The molecule has 1 atom stereocenters. The predicted octanol–water partition coefficient (Wildman–Crippen LogP) is 2.30. The maximum atomic E-state index is 5.40. The Balaban J connectivity index is 2.03. The molecule has 0 amide bonds. The third kappa shape index (κ3) is 1.89. The van der Waals surface area contributed by atoms with Crippen molar-refractivity contribution in [2.45, 2.75) is 25.3 Å². The van der Waals surface area contributed by atoms with Crippen LogP contribution in [0.5, 0.6) is 11.5 Å². The summed E-state index contributed by atoms with van der Waals surface area (Å²) in [5.41, 5.74) is 2.83. The van der Waals surface area contributed by atoms with Crippen molar-refractivity contribution in [3.05, 3.63) is 23.3 Å². The summed E-state index contributed by atoms with van der Waals surface area (Å²) in [4.78, 5) is 0. The van der Waals surface area contributed by atoms with E-state index in [2.05, 4.69) is 17.4 Å². The fourth-order valence-corrected chi connectivity index (χ4v) is 2.77. The zero-order valence-corrected chi connectivity index (χ0v) is 10.5. The van der Waals surface area contributed by atoms with Crippen LogP contribution in [0.4, 0.5) is 0 Å². The van der Waals surface area contributed by atoms with Gasteiger partial charge in [-0.1, -0.05) is 0 Å². The van der Waals surface area contributed by atoms with Crippen molar-refractivity contribution in [3.8, 4) is 11.5 Å². The first-order chi connectivity index (χ1) is 8.33. The van der Waals surface area contributed by atoms with E-state index in [-0.39, 0.29) is 0 Å². The number of fused-ring (bicyclic) bond motifs is 1. The Morgan fingerprint density at radius 1 is 1.12 bits per heavy atom. The number of rotatable bonds is 3. The lowest BCUT2D eigenvalue weighted by atomic mass is 9.91. The van der Waals surface area contributed by atoms with Crippen LogP contribution >= 0.6 is 0 Å². The molecule has 0 bridgehead atoms. The fourth-order valence-electron chi connectivity index (χ4n) is 2.77. The molecule has 0 spiro atoms. The second-order valence-electron chi connectivity index (χ2n) is 4.93. The van der Waals surface area contributed by atoms with Gasteiger partial charge in [-0.15, -0.1) is 0 Å². The molecule has 1 N–H and O–H groups in total. The van der Waals surface area contributed by atoms with Crippen molar-refractivity contribution in [1.29, 1.82) is 0 Å².